The summed E-state index contributed by atoms with van der Waals surface area (Å²) in [6.45, 7) is 1.68. The highest BCUT2D eigenvalue weighted by Gasteiger charge is 2.69. The van der Waals surface area contributed by atoms with Gasteiger partial charge >= 0.3 is 0 Å². The first kappa shape index (κ1) is 7.24. The number of ether oxygens (including phenoxy) is 2. The van der Waals surface area contributed by atoms with E-state index in [9.17, 15) is 0 Å². The molecule has 13 heavy (non-hydrogen) atoms. The van der Waals surface area contributed by atoms with Crippen LogP contribution in [0.5, 0.6) is 0 Å². The van der Waals surface area contributed by atoms with Crippen molar-refractivity contribution in [3.63, 3.8) is 0 Å². The minimum absolute atomic E-state index is 0.0735. The minimum atomic E-state index is -0.0735. The number of hydrogen-bond acceptors (Lipinski definition) is 2. The van der Waals surface area contributed by atoms with Crippen molar-refractivity contribution in [1.82, 2.24) is 0 Å². The van der Waals surface area contributed by atoms with Crippen molar-refractivity contribution in [3.05, 3.63) is 0 Å². The van der Waals surface area contributed by atoms with Gasteiger partial charge in [0, 0.05) is 11.8 Å². The summed E-state index contributed by atoms with van der Waals surface area (Å²) >= 11 is 0. The van der Waals surface area contributed by atoms with Gasteiger partial charge in [0.15, 0.2) is 5.79 Å². The Balaban J connectivity index is 1.74. The van der Waals surface area contributed by atoms with E-state index in [1.54, 1.807) is 0 Å². The molecule has 1 aliphatic heterocycles. The standard InChI is InChI=1S/C11H16O2/c1-2-9-8-5-7(1)6-10(8)11(9)12-3-4-13-11/h7-10H,1-6H2/t7-,8?,9?,10-/m1/s1. The van der Waals surface area contributed by atoms with E-state index >= 15 is 0 Å². The zero-order valence-corrected chi connectivity index (χ0v) is 7.87. The summed E-state index contributed by atoms with van der Waals surface area (Å²) in [5, 5.41) is 0. The first-order chi connectivity index (χ1) is 6.40. The first-order valence-electron chi connectivity index (χ1n) is 5.68. The van der Waals surface area contributed by atoms with Crippen molar-refractivity contribution in [3.8, 4) is 0 Å². The molecular weight excluding hydrogens is 164 g/mol. The van der Waals surface area contributed by atoms with Crippen LogP contribution in [0.2, 0.25) is 0 Å². The third-order valence-electron chi connectivity index (χ3n) is 4.88. The summed E-state index contributed by atoms with van der Waals surface area (Å²) in [5.41, 5.74) is 0. The molecule has 3 saturated carbocycles. The van der Waals surface area contributed by atoms with E-state index < -0.39 is 0 Å². The second-order valence-corrected chi connectivity index (χ2v) is 5.21. The molecule has 0 N–H and O–H groups in total. The Morgan fingerprint density at radius 1 is 0.923 bits per heavy atom. The minimum Gasteiger partial charge on any atom is -0.347 e. The van der Waals surface area contributed by atoms with Gasteiger partial charge in [0.2, 0.25) is 0 Å². The van der Waals surface area contributed by atoms with Crippen LogP contribution < -0.4 is 0 Å². The molecule has 4 fully saturated rings. The SMILES string of the molecule is C1COC2(O1)C1CC[C@@H]3CC1[C@H]2C3. The molecule has 4 atom stereocenters. The zero-order chi connectivity index (χ0) is 8.47. The molecule has 3 aliphatic carbocycles. The van der Waals surface area contributed by atoms with Crippen LogP contribution in [0.25, 0.3) is 0 Å². The molecule has 2 nitrogen and oxygen atoms in total. The lowest BCUT2D eigenvalue weighted by molar-refractivity contribution is -0.312. The van der Waals surface area contributed by atoms with Gasteiger partial charge in [-0.05, 0) is 37.5 Å². The number of fused-ring (bicyclic) bond motifs is 3. The maximum absolute atomic E-state index is 5.90. The molecule has 4 aliphatic rings. The van der Waals surface area contributed by atoms with Crippen LogP contribution >= 0.6 is 0 Å². The fourth-order valence-corrected chi connectivity index (χ4v) is 4.48. The maximum Gasteiger partial charge on any atom is 0.174 e. The lowest BCUT2D eigenvalue weighted by Gasteiger charge is -2.55. The van der Waals surface area contributed by atoms with E-state index in [2.05, 4.69) is 0 Å². The normalized spacial score (nSPS) is 55.4. The van der Waals surface area contributed by atoms with Crippen LogP contribution in [0.1, 0.15) is 25.7 Å². The smallest absolute Gasteiger partial charge is 0.174 e. The van der Waals surface area contributed by atoms with E-state index in [4.69, 9.17) is 9.47 Å². The fraction of sp³-hybridized carbons (Fsp3) is 1.00. The summed E-state index contributed by atoms with van der Waals surface area (Å²) in [4.78, 5) is 0. The molecule has 0 radical (unpaired) electrons. The number of rotatable bonds is 0. The van der Waals surface area contributed by atoms with Gasteiger partial charge in [-0.2, -0.15) is 0 Å². The van der Waals surface area contributed by atoms with Crippen molar-refractivity contribution < 1.29 is 9.47 Å². The topological polar surface area (TPSA) is 18.5 Å². The predicted molar refractivity (Wildman–Crippen MR) is 47.1 cm³/mol. The summed E-state index contributed by atoms with van der Waals surface area (Å²) in [5.74, 6) is 3.44. The Morgan fingerprint density at radius 2 is 1.77 bits per heavy atom. The van der Waals surface area contributed by atoms with Gasteiger partial charge in [0.05, 0.1) is 13.2 Å². The molecule has 0 amide bonds. The van der Waals surface area contributed by atoms with Crippen molar-refractivity contribution in [2.75, 3.05) is 13.2 Å². The van der Waals surface area contributed by atoms with Crippen LogP contribution in [0.4, 0.5) is 0 Å². The van der Waals surface area contributed by atoms with Crippen molar-refractivity contribution in [2.24, 2.45) is 23.7 Å². The molecule has 1 heterocycles. The molecule has 4 rings (SSSR count). The van der Waals surface area contributed by atoms with Gasteiger partial charge in [-0.3, -0.25) is 0 Å². The quantitative estimate of drug-likeness (QED) is 0.566. The van der Waals surface area contributed by atoms with Crippen molar-refractivity contribution >= 4 is 0 Å². The van der Waals surface area contributed by atoms with Gasteiger partial charge in [-0.25, -0.2) is 0 Å². The highest BCUT2D eigenvalue weighted by Crippen LogP contribution is 2.67. The Kier molecular flexibility index (Phi) is 1.18. The Morgan fingerprint density at radius 3 is 2.62 bits per heavy atom. The average Bonchev–Trinajstić information content (AvgIpc) is 2.68. The molecule has 2 bridgehead atoms. The third-order valence-corrected chi connectivity index (χ3v) is 4.88. The molecule has 0 aromatic rings. The van der Waals surface area contributed by atoms with Gasteiger partial charge in [-0.15, -0.1) is 0 Å². The van der Waals surface area contributed by atoms with Gasteiger partial charge in [-0.1, -0.05) is 0 Å². The largest absolute Gasteiger partial charge is 0.347 e. The van der Waals surface area contributed by atoms with E-state index in [0.717, 1.165) is 36.9 Å². The molecule has 2 heteroatoms. The Bertz CT molecular complexity index is 236. The lowest BCUT2D eigenvalue weighted by Crippen LogP contribution is -2.61. The fourth-order valence-electron chi connectivity index (χ4n) is 4.48. The van der Waals surface area contributed by atoms with E-state index in [1.165, 1.54) is 25.7 Å². The second-order valence-electron chi connectivity index (χ2n) is 5.21. The lowest BCUT2D eigenvalue weighted by atomic mass is 9.59. The molecule has 0 aromatic carbocycles. The summed E-state index contributed by atoms with van der Waals surface area (Å²) < 4.78 is 11.8. The molecule has 1 saturated heterocycles. The summed E-state index contributed by atoms with van der Waals surface area (Å²) in [6, 6.07) is 0. The third kappa shape index (κ3) is 0.668. The van der Waals surface area contributed by atoms with Crippen LogP contribution in [0.3, 0.4) is 0 Å². The molecule has 72 valence electrons. The van der Waals surface area contributed by atoms with E-state index in [1.807, 2.05) is 0 Å². The van der Waals surface area contributed by atoms with Crippen molar-refractivity contribution in [1.29, 1.82) is 0 Å². The summed E-state index contributed by atoms with van der Waals surface area (Å²) in [7, 11) is 0. The Labute approximate surface area is 78.6 Å². The molecule has 1 spiro atoms. The molecule has 0 aromatic heterocycles. The van der Waals surface area contributed by atoms with E-state index in [-0.39, 0.29) is 5.79 Å². The number of hydrogen-bond donors (Lipinski definition) is 0. The van der Waals surface area contributed by atoms with Crippen LogP contribution in [-0.2, 0) is 9.47 Å². The van der Waals surface area contributed by atoms with E-state index in [0.29, 0.717) is 0 Å². The first-order valence-corrected chi connectivity index (χ1v) is 5.68. The molecule has 2 unspecified atom stereocenters. The maximum atomic E-state index is 5.90. The second kappa shape index (κ2) is 2.12. The highest BCUT2D eigenvalue weighted by atomic mass is 16.7. The van der Waals surface area contributed by atoms with Crippen LogP contribution in [0, 0.1) is 23.7 Å². The highest BCUT2D eigenvalue weighted by molar-refractivity contribution is 5.13. The van der Waals surface area contributed by atoms with Crippen molar-refractivity contribution in [2.45, 2.75) is 31.5 Å². The van der Waals surface area contributed by atoms with Gasteiger partial charge in [0.1, 0.15) is 0 Å². The Hall–Kier alpha value is -0.0800. The van der Waals surface area contributed by atoms with Crippen LogP contribution in [-0.4, -0.2) is 19.0 Å². The zero-order valence-electron chi connectivity index (χ0n) is 7.87. The van der Waals surface area contributed by atoms with Gasteiger partial charge < -0.3 is 9.47 Å². The average molecular weight is 180 g/mol. The van der Waals surface area contributed by atoms with Gasteiger partial charge in [0.25, 0.3) is 0 Å². The monoisotopic (exact) mass is 180 g/mol. The predicted octanol–water partition coefficient (Wildman–Crippen LogP) is 1.80. The summed E-state index contributed by atoms with van der Waals surface area (Å²) in [6.07, 6.45) is 5.67. The van der Waals surface area contributed by atoms with Crippen LogP contribution in [0.15, 0.2) is 0 Å². The molecular formula is C11H16O2.